The summed E-state index contributed by atoms with van der Waals surface area (Å²) >= 11 is 0. The number of aliphatic carboxylic acids is 1. The fourth-order valence-corrected chi connectivity index (χ4v) is 12.5. The normalized spacial score (nSPS) is 37.1. The van der Waals surface area contributed by atoms with Gasteiger partial charge in [0, 0.05) is 30.8 Å². The van der Waals surface area contributed by atoms with E-state index in [1.165, 1.54) is 5.57 Å². The first-order valence-corrected chi connectivity index (χ1v) is 19.4. The summed E-state index contributed by atoms with van der Waals surface area (Å²) in [5, 5.41) is 16.0. The maximum absolute atomic E-state index is 13.9. The van der Waals surface area contributed by atoms with Crippen LogP contribution in [-0.4, -0.2) is 45.5 Å². The summed E-state index contributed by atoms with van der Waals surface area (Å²) in [5.41, 5.74) is 1.08. The van der Waals surface area contributed by atoms with Crippen LogP contribution in [0.25, 0.3) is 0 Å². The highest BCUT2D eigenvalue weighted by Gasteiger charge is 2.70. The van der Waals surface area contributed by atoms with Gasteiger partial charge in [-0.1, -0.05) is 48.5 Å². The van der Waals surface area contributed by atoms with Crippen LogP contribution in [0.3, 0.4) is 0 Å². The van der Waals surface area contributed by atoms with Gasteiger partial charge in [-0.15, -0.1) is 0 Å². The smallest absolute Gasteiger partial charge is 0.315 e. The first-order valence-electron chi connectivity index (χ1n) is 19.4. The molecule has 280 valence electrons. The molecule has 4 saturated carbocycles. The molecule has 1 aromatic rings. The predicted octanol–water partition coefficient (Wildman–Crippen LogP) is 8.03. The number of amides is 2. The molecule has 5 aliphatic carbocycles. The number of carboxylic acid groups (broad SMARTS) is 1. The highest BCUT2D eigenvalue weighted by Crippen LogP contribution is 2.76. The van der Waals surface area contributed by atoms with E-state index in [-0.39, 0.29) is 57.8 Å². The van der Waals surface area contributed by atoms with Gasteiger partial charge in [0.05, 0.1) is 17.4 Å². The Balaban J connectivity index is 1.26. The zero-order valence-corrected chi connectivity index (χ0v) is 32.4. The first-order chi connectivity index (χ1) is 23.7. The van der Waals surface area contributed by atoms with Gasteiger partial charge >= 0.3 is 18.0 Å². The van der Waals surface area contributed by atoms with E-state index < -0.39 is 22.9 Å². The SMILES string of the molecule is CC(C)C1=C2C3CCC4[C@@]5(C)CC[C@H](OC(=O)CC(C)(C)C(=O)O)C(C)(C)C5CC[C@@]4(C)[C@]3(C)CC[C@@]2(NC(=O)NCc2ccncc2)CC1=O. The zero-order chi connectivity index (χ0) is 37.4. The van der Waals surface area contributed by atoms with Gasteiger partial charge in [0.1, 0.15) is 6.10 Å². The quantitative estimate of drug-likeness (QED) is 0.233. The Labute approximate surface area is 304 Å². The van der Waals surface area contributed by atoms with Gasteiger partial charge in [0.2, 0.25) is 0 Å². The van der Waals surface area contributed by atoms with Crippen molar-refractivity contribution in [3.05, 3.63) is 41.2 Å². The van der Waals surface area contributed by atoms with E-state index in [2.05, 4.69) is 64.1 Å². The number of carbonyl (C=O) groups excluding carboxylic acids is 3. The summed E-state index contributed by atoms with van der Waals surface area (Å²) < 4.78 is 6.15. The van der Waals surface area contributed by atoms with E-state index in [4.69, 9.17) is 4.74 Å². The van der Waals surface area contributed by atoms with Crippen LogP contribution in [0.15, 0.2) is 35.7 Å². The van der Waals surface area contributed by atoms with E-state index in [9.17, 15) is 24.3 Å². The standard InChI is InChI=1S/C42H61N3O6/c1-25(2)33-28(46)22-42(45-36(50)44-24-26-14-20-43-21-15-26)19-18-40(8)27(34(33)42)10-11-30-39(7)16-13-31(51-32(47)23-37(3,4)35(48)49)38(5,6)29(39)12-17-41(30,40)9/h14-15,20-21,25,27,29-31H,10-13,16-19,22-24H2,1-9H3,(H,48,49)(H2,44,45,50)/t27?,29?,30?,31-,39-,40+,41+,42+/m0/s1. The summed E-state index contributed by atoms with van der Waals surface area (Å²) in [6.07, 6.45) is 11.0. The second-order valence-corrected chi connectivity index (χ2v) is 19.1. The number of nitrogens with one attached hydrogen (secondary N) is 2. The third-order valence-corrected chi connectivity index (χ3v) is 15.4. The number of hydrogen-bond acceptors (Lipinski definition) is 6. The fraction of sp³-hybridized carbons (Fsp3) is 0.738. The number of rotatable bonds is 8. The average Bonchev–Trinajstić information content (AvgIpc) is 3.33. The number of urea groups is 1. The van der Waals surface area contributed by atoms with Gasteiger partial charge < -0.3 is 20.5 Å². The molecule has 6 rings (SSSR count). The Morgan fingerprint density at radius 1 is 0.941 bits per heavy atom. The maximum Gasteiger partial charge on any atom is 0.315 e. The number of Topliss-reactive ketones (excluding diaryl/α,β-unsaturated/α-hetero) is 1. The third-order valence-electron chi connectivity index (χ3n) is 15.4. The molecular formula is C42H61N3O6. The Kier molecular flexibility index (Phi) is 9.36. The predicted molar refractivity (Wildman–Crippen MR) is 195 cm³/mol. The molecule has 3 unspecified atom stereocenters. The van der Waals surface area contributed by atoms with Gasteiger partial charge in [-0.05, 0) is 134 Å². The van der Waals surface area contributed by atoms with Crippen LogP contribution in [0.2, 0.25) is 0 Å². The molecule has 0 saturated heterocycles. The molecule has 51 heavy (non-hydrogen) atoms. The number of allylic oxidation sites excluding steroid dienone is 1. The third kappa shape index (κ3) is 5.93. The minimum atomic E-state index is -1.17. The minimum absolute atomic E-state index is 0.0305. The fourth-order valence-electron chi connectivity index (χ4n) is 12.5. The minimum Gasteiger partial charge on any atom is -0.481 e. The molecule has 5 aliphatic rings. The molecule has 0 bridgehead atoms. The van der Waals surface area contributed by atoms with Crippen molar-refractivity contribution in [1.82, 2.24) is 15.6 Å². The number of hydrogen-bond donors (Lipinski definition) is 3. The van der Waals surface area contributed by atoms with E-state index in [1.54, 1.807) is 26.2 Å². The number of ketones is 1. The van der Waals surface area contributed by atoms with Crippen molar-refractivity contribution in [2.45, 2.75) is 145 Å². The molecule has 2 amide bonds. The van der Waals surface area contributed by atoms with Crippen LogP contribution in [0, 0.1) is 50.7 Å². The van der Waals surface area contributed by atoms with E-state index in [0.29, 0.717) is 24.8 Å². The van der Waals surface area contributed by atoms with Crippen LogP contribution in [0.4, 0.5) is 4.79 Å². The van der Waals surface area contributed by atoms with Crippen molar-refractivity contribution in [1.29, 1.82) is 0 Å². The lowest BCUT2D eigenvalue weighted by atomic mass is 9.33. The number of aromatic nitrogens is 1. The van der Waals surface area contributed by atoms with Crippen LogP contribution < -0.4 is 10.6 Å². The van der Waals surface area contributed by atoms with Gasteiger partial charge in [-0.25, -0.2) is 4.79 Å². The van der Waals surface area contributed by atoms with Crippen LogP contribution >= 0.6 is 0 Å². The van der Waals surface area contributed by atoms with Crippen molar-refractivity contribution in [3.8, 4) is 0 Å². The van der Waals surface area contributed by atoms with Crippen molar-refractivity contribution >= 4 is 23.8 Å². The van der Waals surface area contributed by atoms with E-state index in [0.717, 1.165) is 62.5 Å². The largest absolute Gasteiger partial charge is 0.481 e. The number of esters is 1. The molecule has 1 aromatic heterocycles. The van der Waals surface area contributed by atoms with Crippen molar-refractivity contribution < 1.29 is 29.0 Å². The summed E-state index contributed by atoms with van der Waals surface area (Å²) in [4.78, 5) is 56.3. The number of fused-ring (bicyclic) bond motifs is 7. The molecule has 0 aliphatic heterocycles. The van der Waals surface area contributed by atoms with Crippen molar-refractivity contribution in [2.24, 2.45) is 50.7 Å². The number of carboxylic acids is 1. The Hall–Kier alpha value is -3.23. The number of carbonyl (C=O) groups is 4. The van der Waals surface area contributed by atoms with Crippen molar-refractivity contribution in [2.75, 3.05) is 0 Å². The van der Waals surface area contributed by atoms with E-state index >= 15 is 0 Å². The summed E-state index contributed by atoms with van der Waals surface area (Å²) in [6.45, 7) is 19.8. The molecule has 0 radical (unpaired) electrons. The molecule has 0 spiro atoms. The number of ether oxygens (including phenoxy) is 1. The summed E-state index contributed by atoms with van der Waals surface area (Å²) in [7, 11) is 0. The lowest BCUT2D eigenvalue weighted by Gasteiger charge is -2.72. The molecule has 4 fully saturated rings. The topological polar surface area (TPSA) is 135 Å². The first kappa shape index (κ1) is 37.5. The number of pyridine rings is 1. The van der Waals surface area contributed by atoms with Crippen LogP contribution in [-0.2, 0) is 25.7 Å². The second kappa shape index (κ2) is 12.7. The molecule has 9 heteroatoms. The summed E-state index contributed by atoms with van der Waals surface area (Å²) in [5.74, 6) is -0.127. The van der Waals surface area contributed by atoms with Gasteiger partial charge in [-0.2, -0.15) is 0 Å². The number of nitrogens with zero attached hydrogens (tertiary/aromatic N) is 1. The average molecular weight is 704 g/mol. The molecule has 0 aromatic carbocycles. The highest BCUT2D eigenvalue weighted by molar-refractivity contribution is 6.02. The Bertz CT molecular complexity index is 1620. The zero-order valence-electron chi connectivity index (χ0n) is 32.4. The van der Waals surface area contributed by atoms with Gasteiger partial charge in [0.25, 0.3) is 0 Å². The molecule has 1 heterocycles. The Morgan fingerprint density at radius 3 is 2.27 bits per heavy atom. The lowest BCUT2D eigenvalue weighted by molar-refractivity contribution is -0.232. The monoisotopic (exact) mass is 703 g/mol. The Morgan fingerprint density at radius 2 is 1.63 bits per heavy atom. The van der Waals surface area contributed by atoms with Crippen molar-refractivity contribution in [3.63, 3.8) is 0 Å². The molecular weight excluding hydrogens is 642 g/mol. The van der Waals surface area contributed by atoms with E-state index in [1.807, 2.05) is 12.1 Å². The lowest BCUT2D eigenvalue weighted by Crippen LogP contribution is -2.67. The van der Waals surface area contributed by atoms with Crippen LogP contribution in [0.1, 0.15) is 132 Å². The van der Waals surface area contributed by atoms with Crippen LogP contribution in [0.5, 0.6) is 0 Å². The molecule has 9 nitrogen and oxygen atoms in total. The highest BCUT2D eigenvalue weighted by atomic mass is 16.5. The van der Waals surface area contributed by atoms with Gasteiger partial charge in [0.15, 0.2) is 5.78 Å². The van der Waals surface area contributed by atoms with Gasteiger partial charge in [-0.3, -0.25) is 19.4 Å². The molecule has 3 N–H and O–H groups in total. The summed E-state index contributed by atoms with van der Waals surface area (Å²) in [6, 6.07) is 3.55. The second-order valence-electron chi connectivity index (χ2n) is 19.1. The maximum atomic E-state index is 13.9. The molecule has 8 atom stereocenters.